The fraction of sp³-hybridized carbons (Fsp3) is 0.286. The number of thioether (sulfide) groups is 1. The van der Waals surface area contributed by atoms with Gasteiger partial charge in [-0.1, -0.05) is 78.1 Å². The van der Waals surface area contributed by atoms with Crippen LogP contribution in [-0.2, 0) is 4.79 Å². The Labute approximate surface area is 184 Å². The van der Waals surface area contributed by atoms with Gasteiger partial charge < -0.3 is 5.32 Å². The van der Waals surface area contributed by atoms with E-state index in [1.165, 1.54) is 11.8 Å². The predicted octanol–water partition coefficient (Wildman–Crippen LogP) is 5.56. The second kappa shape index (κ2) is 10.1. The molecule has 0 aliphatic heterocycles. The van der Waals surface area contributed by atoms with Crippen LogP contribution in [0.4, 0.5) is 0 Å². The molecule has 8 heteroatoms. The molecular formula is C21H22Cl2N4OS. The average Bonchev–Trinajstić information content (AvgIpc) is 3.13. The van der Waals surface area contributed by atoms with Crippen LogP contribution >= 0.6 is 35.0 Å². The first-order valence-corrected chi connectivity index (χ1v) is 11.1. The highest BCUT2D eigenvalue weighted by molar-refractivity contribution is 7.99. The molecule has 0 saturated heterocycles. The number of carbonyl (C=O) groups is 1. The molecule has 3 aromatic rings. The van der Waals surface area contributed by atoms with Gasteiger partial charge in [-0.15, -0.1) is 10.2 Å². The quantitative estimate of drug-likeness (QED) is 0.362. The van der Waals surface area contributed by atoms with E-state index in [1.54, 1.807) is 12.1 Å². The smallest absolute Gasteiger partial charge is 0.230 e. The Bertz CT molecular complexity index is 989. The first kappa shape index (κ1) is 21.7. The maximum Gasteiger partial charge on any atom is 0.230 e. The van der Waals surface area contributed by atoms with Crippen LogP contribution in [0, 0.1) is 6.92 Å². The molecule has 0 unspecified atom stereocenters. The van der Waals surface area contributed by atoms with Gasteiger partial charge in [0.05, 0.1) is 21.5 Å². The van der Waals surface area contributed by atoms with Gasteiger partial charge in [-0.05, 0) is 31.5 Å². The van der Waals surface area contributed by atoms with Crippen molar-refractivity contribution >= 4 is 40.9 Å². The second-order valence-corrected chi connectivity index (χ2v) is 8.36. The average molecular weight is 449 g/mol. The Kier molecular flexibility index (Phi) is 7.58. The van der Waals surface area contributed by atoms with Crippen molar-refractivity contribution < 1.29 is 4.79 Å². The molecule has 152 valence electrons. The number of carbonyl (C=O) groups excluding carboxylic acids is 1. The third kappa shape index (κ3) is 5.53. The van der Waals surface area contributed by atoms with E-state index >= 15 is 0 Å². The molecule has 5 nitrogen and oxygen atoms in total. The molecule has 1 N–H and O–H groups in total. The SMILES string of the molecule is CCCCNC(=O)CSc1nnc(-c2ccc(C)cc2)n1-c1ccc(Cl)c(Cl)c1. The van der Waals surface area contributed by atoms with E-state index in [0.717, 1.165) is 29.7 Å². The van der Waals surface area contributed by atoms with E-state index in [0.29, 0.717) is 27.6 Å². The van der Waals surface area contributed by atoms with Crippen LogP contribution in [0.5, 0.6) is 0 Å². The van der Waals surface area contributed by atoms with Crippen molar-refractivity contribution in [3.8, 4) is 17.1 Å². The zero-order valence-corrected chi connectivity index (χ0v) is 18.6. The molecule has 1 amide bonds. The van der Waals surface area contributed by atoms with Crippen LogP contribution in [0.25, 0.3) is 17.1 Å². The summed E-state index contributed by atoms with van der Waals surface area (Å²) in [6, 6.07) is 13.4. The molecule has 2 aromatic carbocycles. The van der Waals surface area contributed by atoms with Gasteiger partial charge >= 0.3 is 0 Å². The fourth-order valence-electron chi connectivity index (χ4n) is 2.70. The van der Waals surface area contributed by atoms with E-state index in [9.17, 15) is 4.79 Å². The van der Waals surface area contributed by atoms with Crippen LogP contribution in [-0.4, -0.2) is 33.0 Å². The van der Waals surface area contributed by atoms with Crippen molar-refractivity contribution in [2.45, 2.75) is 31.8 Å². The highest BCUT2D eigenvalue weighted by Crippen LogP contribution is 2.31. The minimum absolute atomic E-state index is 0.0241. The monoisotopic (exact) mass is 448 g/mol. The number of nitrogens with zero attached hydrogens (tertiary/aromatic N) is 3. The third-order valence-corrected chi connectivity index (χ3v) is 5.96. The minimum atomic E-state index is -0.0241. The second-order valence-electron chi connectivity index (χ2n) is 6.60. The Morgan fingerprint density at radius 2 is 1.86 bits per heavy atom. The molecule has 0 aliphatic rings. The lowest BCUT2D eigenvalue weighted by Crippen LogP contribution is -2.26. The highest BCUT2D eigenvalue weighted by Gasteiger charge is 2.18. The summed E-state index contributed by atoms with van der Waals surface area (Å²) in [5, 5.41) is 13.2. The Morgan fingerprint density at radius 3 is 2.55 bits per heavy atom. The topological polar surface area (TPSA) is 59.8 Å². The number of aromatic nitrogens is 3. The summed E-state index contributed by atoms with van der Waals surface area (Å²) in [5.41, 5.74) is 2.87. The Hall–Kier alpha value is -2.02. The molecule has 0 fully saturated rings. The molecule has 1 aromatic heterocycles. The van der Waals surface area contributed by atoms with Gasteiger partial charge in [0.25, 0.3) is 0 Å². The summed E-state index contributed by atoms with van der Waals surface area (Å²) >= 11 is 13.7. The van der Waals surface area contributed by atoms with Gasteiger partial charge in [-0.3, -0.25) is 9.36 Å². The molecule has 3 rings (SSSR count). The number of rotatable bonds is 8. The van der Waals surface area contributed by atoms with E-state index in [-0.39, 0.29) is 11.7 Å². The van der Waals surface area contributed by atoms with Crippen LogP contribution in [0.1, 0.15) is 25.3 Å². The van der Waals surface area contributed by atoms with E-state index < -0.39 is 0 Å². The Balaban J connectivity index is 1.93. The first-order chi connectivity index (χ1) is 14.0. The van der Waals surface area contributed by atoms with Gasteiger partial charge in [0.15, 0.2) is 11.0 Å². The highest BCUT2D eigenvalue weighted by atomic mass is 35.5. The molecule has 0 atom stereocenters. The zero-order valence-electron chi connectivity index (χ0n) is 16.3. The molecule has 0 aliphatic carbocycles. The summed E-state index contributed by atoms with van der Waals surface area (Å²) in [7, 11) is 0. The molecule has 29 heavy (non-hydrogen) atoms. The first-order valence-electron chi connectivity index (χ1n) is 9.37. The van der Waals surface area contributed by atoms with Crippen LogP contribution in [0.2, 0.25) is 10.0 Å². The number of nitrogens with one attached hydrogen (secondary N) is 1. The lowest BCUT2D eigenvalue weighted by molar-refractivity contribution is -0.118. The van der Waals surface area contributed by atoms with Gasteiger partial charge in [0, 0.05) is 12.1 Å². The summed E-state index contributed by atoms with van der Waals surface area (Å²) in [4.78, 5) is 12.1. The third-order valence-electron chi connectivity index (χ3n) is 4.29. The van der Waals surface area contributed by atoms with Crippen LogP contribution in [0.3, 0.4) is 0 Å². The number of amides is 1. The maximum absolute atomic E-state index is 12.1. The largest absolute Gasteiger partial charge is 0.355 e. The number of halogens is 2. The number of benzene rings is 2. The summed E-state index contributed by atoms with van der Waals surface area (Å²) < 4.78 is 1.90. The van der Waals surface area contributed by atoms with Crippen molar-refractivity contribution in [3.63, 3.8) is 0 Å². The molecular weight excluding hydrogens is 427 g/mol. The number of hydrogen-bond donors (Lipinski definition) is 1. The summed E-state index contributed by atoms with van der Waals surface area (Å²) in [5.74, 6) is 0.915. The maximum atomic E-state index is 12.1. The van der Waals surface area contributed by atoms with Crippen LogP contribution in [0.15, 0.2) is 47.6 Å². The van der Waals surface area contributed by atoms with Crippen molar-refractivity contribution in [3.05, 3.63) is 58.1 Å². The summed E-state index contributed by atoms with van der Waals surface area (Å²) in [6.07, 6.45) is 2.01. The van der Waals surface area contributed by atoms with Crippen molar-refractivity contribution in [2.75, 3.05) is 12.3 Å². The predicted molar refractivity (Wildman–Crippen MR) is 120 cm³/mol. The lowest BCUT2D eigenvalue weighted by atomic mass is 10.1. The van der Waals surface area contributed by atoms with Gasteiger partial charge in [-0.2, -0.15) is 0 Å². The number of unbranched alkanes of at least 4 members (excludes halogenated alkanes) is 1. The van der Waals surface area contributed by atoms with Gasteiger partial charge in [-0.25, -0.2) is 0 Å². The molecule has 0 spiro atoms. The normalized spacial score (nSPS) is 10.9. The van der Waals surface area contributed by atoms with Gasteiger partial charge in [0.2, 0.25) is 5.91 Å². The molecule has 0 saturated carbocycles. The standard InChI is InChI=1S/C21H22Cl2N4OS/c1-3-4-11-24-19(28)13-29-21-26-25-20(15-7-5-14(2)6-8-15)27(21)16-9-10-17(22)18(23)12-16/h5-10,12H,3-4,11,13H2,1-2H3,(H,24,28). The minimum Gasteiger partial charge on any atom is -0.355 e. The molecule has 0 radical (unpaired) electrons. The Morgan fingerprint density at radius 1 is 1.10 bits per heavy atom. The van der Waals surface area contributed by atoms with Crippen molar-refractivity contribution in [2.24, 2.45) is 0 Å². The molecule has 0 bridgehead atoms. The van der Waals surface area contributed by atoms with Crippen LogP contribution < -0.4 is 5.32 Å². The van der Waals surface area contributed by atoms with E-state index in [1.807, 2.05) is 41.8 Å². The van der Waals surface area contributed by atoms with Gasteiger partial charge in [0.1, 0.15) is 0 Å². The zero-order chi connectivity index (χ0) is 20.8. The summed E-state index contributed by atoms with van der Waals surface area (Å²) in [6.45, 7) is 4.81. The lowest BCUT2D eigenvalue weighted by Gasteiger charge is -2.11. The van der Waals surface area contributed by atoms with Crippen molar-refractivity contribution in [1.82, 2.24) is 20.1 Å². The van der Waals surface area contributed by atoms with E-state index in [4.69, 9.17) is 23.2 Å². The fourth-order valence-corrected chi connectivity index (χ4v) is 3.77. The van der Waals surface area contributed by atoms with E-state index in [2.05, 4.69) is 22.4 Å². The van der Waals surface area contributed by atoms with Crippen molar-refractivity contribution in [1.29, 1.82) is 0 Å². The number of aryl methyl sites for hydroxylation is 1. The molecule has 1 heterocycles. The number of hydrogen-bond acceptors (Lipinski definition) is 4.